The Morgan fingerprint density at radius 1 is 1.08 bits per heavy atom. The number of aromatic nitrogens is 3. The van der Waals surface area contributed by atoms with Gasteiger partial charge in [-0.2, -0.15) is 0 Å². The van der Waals surface area contributed by atoms with Gasteiger partial charge in [-0.25, -0.2) is 19.2 Å². The molecule has 1 aromatic carbocycles. The molecule has 14 heteroatoms. The van der Waals surface area contributed by atoms with E-state index in [2.05, 4.69) is 35.0 Å². The Morgan fingerprint density at radius 3 is 2.70 bits per heavy atom. The van der Waals surface area contributed by atoms with Crippen molar-refractivity contribution in [3.8, 4) is 17.2 Å². The number of hydrogen-bond acceptors (Lipinski definition) is 11. The lowest BCUT2D eigenvalue weighted by atomic mass is 10.0. The summed E-state index contributed by atoms with van der Waals surface area (Å²) in [7, 11) is 0. The van der Waals surface area contributed by atoms with E-state index in [1.54, 1.807) is 11.1 Å². The number of nitrogens with zero attached hydrogens (tertiary/aromatic N) is 7. The normalized spacial score (nSPS) is 17.5. The summed E-state index contributed by atoms with van der Waals surface area (Å²) in [6.45, 7) is 12.9. The molecule has 1 N–H and O–H groups in total. The van der Waals surface area contributed by atoms with Gasteiger partial charge in [0.1, 0.15) is 36.5 Å². The van der Waals surface area contributed by atoms with Crippen molar-refractivity contribution in [1.82, 2.24) is 35.0 Å². The molecule has 2 amide bonds. The summed E-state index contributed by atoms with van der Waals surface area (Å²) in [5.74, 6) is 1.36. The minimum atomic E-state index is -0.508. The van der Waals surface area contributed by atoms with Gasteiger partial charge in [0.2, 0.25) is 0 Å². The Bertz CT molecular complexity index is 1640. The van der Waals surface area contributed by atoms with Gasteiger partial charge in [0.05, 0.1) is 11.8 Å². The summed E-state index contributed by atoms with van der Waals surface area (Å²) >= 11 is 0. The molecule has 0 bridgehead atoms. The number of anilines is 1. The van der Waals surface area contributed by atoms with E-state index in [4.69, 9.17) is 14.2 Å². The van der Waals surface area contributed by atoms with Gasteiger partial charge in [-0.3, -0.25) is 19.6 Å². The van der Waals surface area contributed by atoms with Crippen molar-refractivity contribution in [2.75, 3.05) is 64.0 Å². The second-order valence-electron chi connectivity index (χ2n) is 13.2. The third-order valence-corrected chi connectivity index (χ3v) is 9.48. The number of ether oxygens (including phenoxy) is 3. The average molecular weight is 691 g/mol. The number of halogens is 1. The molecule has 0 saturated carbocycles. The van der Waals surface area contributed by atoms with Crippen LogP contribution in [0.5, 0.6) is 17.2 Å². The summed E-state index contributed by atoms with van der Waals surface area (Å²) in [5, 5.41) is 2.73. The lowest BCUT2D eigenvalue weighted by Crippen LogP contribution is -2.39. The molecule has 50 heavy (non-hydrogen) atoms. The molecule has 3 aliphatic rings. The van der Waals surface area contributed by atoms with Crippen LogP contribution in [0.25, 0.3) is 0 Å². The van der Waals surface area contributed by atoms with Crippen molar-refractivity contribution in [1.29, 1.82) is 0 Å². The molecule has 13 nitrogen and oxygen atoms in total. The van der Waals surface area contributed by atoms with Crippen molar-refractivity contribution in [3.05, 3.63) is 65.6 Å². The van der Waals surface area contributed by atoms with E-state index in [0.29, 0.717) is 44.5 Å². The zero-order chi connectivity index (χ0) is 35.0. The van der Waals surface area contributed by atoms with Crippen molar-refractivity contribution in [3.63, 3.8) is 0 Å². The number of piperidine rings is 1. The molecule has 2 fully saturated rings. The molecular weight excluding hydrogens is 643 g/mol. The first kappa shape index (κ1) is 35.3. The Labute approximate surface area is 292 Å². The van der Waals surface area contributed by atoms with Gasteiger partial charge in [0, 0.05) is 95.1 Å². The fraction of sp³-hybridized carbons (Fsp3) is 0.528. The first-order valence-electron chi connectivity index (χ1n) is 17.6. The van der Waals surface area contributed by atoms with Crippen LogP contribution >= 0.6 is 0 Å². The van der Waals surface area contributed by atoms with E-state index in [0.717, 1.165) is 75.4 Å². The molecule has 3 aromatic rings. The van der Waals surface area contributed by atoms with Gasteiger partial charge < -0.3 is 29.3 Å². The molecule has 268 valence electrons. The molecule has 3 aliphatic heterocycles. The fourth-order valence-electron chi connectivity index (χ4n) is 6.80. The molecular formula is C36H47FN8O5. The van der Waals surface area contributed by atoms with Gasteiger partial charge in [0.15, 0.2) is 11.6 Å². The summed E-state index contributed by atoms with van der Waals surface area (Å²) in [6.07, 6.45) is 7.98. The molecule has 0 aliphatic carbocycles. The zero-order valence-corrected chi connectivity index (χ0v) is 29.1. The SMILES string of the molecule is CCN(C(=O)c1cc(F)ccc1Oc1cncnc1N1CCC(Oc2ccnc3c2CN(CCCN2CCNC(=O)OC2)CC3)CC1)C(C)C. The topological polar surface area (TPSA) is 125 Å². The summed E-state index contributed by atoms with van der Waals surface area (Å²) < 4.78 is 32.4. The van der Waals surface area contributed by atoms with Crippen LogP contribution in [0.2, 0.25) is 0 Å². The van der Waals surface area contributed by atoms with Crippen molar-refractivity contribution >= 4 is 17.8 Å². The molecule has 0 radical (unpaired) electrons. The standard InChI is InChI=1S/C36H47FN8O5/c1-4-45(25(2)3)35(46)28-20-26(37)6-7-31(28)50-33-21-38-23-41-34(33)44-17-9-27(10-18-44)49-32-8-12-39-30-11-16-42(22-29(30)32)14-5-15-43-19-13-40-36(47)48-24-43/h6-8,12,20-21,23,25,27H,4-5,9-11,13-19,22,24H2,1-3H3,(H,40,47). The highest BCUT2D eigenvalue weighted by Crippen LogP contribution is 2.35. The van der Waals surface area contributed by atoms with Crippen LogP contribution in [0.3, 0.4) is 0 Å². The molecule has 6 rings (SSSR count). The number of benzene rings is 1. The van der Waals surface area contributed by atoms with Gasteiger partial charge in [0.25, 0.3) is 5.91 Å². The van der Waals surface area contributed by atoms with Crippen LogP contribution in [0.1, 0.15) is 61.6 Å². The van der Waals surface area contributed by atoms with E-state index >= 15 is 0 Å². The molecule has 0 atom stereocenters. The van der Waals surface area contributed by atoms with Crippen LogP contribution < -0.4 is 19.7 Å². The van der Waals surface area contributed by atoms with E-state index in [1.165, 1.54) is 24.5 Å². The van der Waals surface area contributed by atoms with Crippen LogP contribution in [-0.4, -0.2) is 113 Å². The number of amides is 2. The van der Waals surface area contributed by atoms with Gasteiger partial charge >= 0.3 is 6.09 Å². The third kappa shape index (κ3) is 8.59. The predicted molar refractivity (Wildman–Crippen MR) is 185 cm³/mol. The lowest BCUT2D eigenvalue weighted by molar-refractivity contribution is 0.0713. The monoisotopic (exact) mass is 690 g/mol. The van der Waals surface area contributed by atoms with Crippen molar-refractivity contribution < 1.29 is 28.2 Å². The van der Waals surface area contributed by atoms with Gasteiger partial charge in [-0.05, 0) is 58.0 Å². The average Bonchev–Trinajstić information content (AvgIpc) is 3.33. The maximum atomic E-state index is 14.3. The Kier molecular flexibility index (Phi) is 11.6. The van der Waals surface area contributed by atoms with E-state index in [9.17, 15) is 14.0 Å². The van der Waals surface area contributed by atoms with Gasteiger partial charge in [-0.1, -0.05) is 0 Å². The Balaban J connectivity index is 1.06. The number of carbonyl (C=O) groups is 2. The predicted octanol–water partition coefficient (Wildman–Crippen LogP) is 4.47. The fourth-order valence-corrected chi connectivity index (χ4v) is 6.80. The molecule has 0 unspecified atom stereocenters. The van der Waals surface area contributed by atoms with Crippen LogP contribution in [0.4, 0.5) is 15.0 Å². The molecule has 2 saturated heterocycles. The minimum absolute atomic E-state index is 0.0241. The second-order valence-corrected chi connectivity index (χ2v) is 13.2. The number of alkyl carbamates (subject to hydrolysis) is 1. The van der Waals surface area contributed by atoms with Crippen LogP contribution in [0, 0.1) is 5.82 Å². The Hall–Kier alpha value is -4.56. The summed E-state index contributed by atoms with van der Waals surface area (Å²) in [5.41, 5.74) is 2.41. The summed E-state index contributed by atoms with van der Waals surface area (Å²) in [4.78, 5) is 46.7. The van der Waals surface area contributed by atoms with Crippen molar-refractivity contribution in [2.24, 2.45) is 0 Å². The number of carbonyl (C=O) groups excluding carboxylic acids is 2. The maximum Gasteiger partial charge on any atom is 0.408 e. The van der Waals surface area contributed by atoms with Gasteiger partial charge in [-0.15, -0.1) is 0 Å². The number of fused-ring (bicyclic) bond motifs is 1. The molecule has 0 spiro atoms. The number of cyclic esters (lactones) is 1. The largest absolute Gasteiger partial charge is 0.490 e. The number of pyridine rings is 1. The van der Waals surface area contributed by atoms with E-state index in [-0.39, 0.29) is 35.5 Å². The third-order valence-electron chi connectivity index (χ3n) is 9.48. The summed E-state index contributed by atoms with van der Waals surface area (Å²) in [6, 6.07) is 5.91. The minimum Gasteiger partial charge on any atom is -0.490 e. The van der Waals surface area contributed by atoms with Crippen molar-refractivity contribution in [2.45, 2.75) is 65.1 Å². The zero-order valence-electron chi connectivity index (χ0n) is 29.1. The number of hydrogen-bond donors (Lipinski definition) is 1. The van der Waals surface area contributed by atoms with E-state index < -0.39 is 5.82 Å². The lowest BCUT2D eigenvalue weighted by Gasteiger charge is -2.35. The number of nitrogens with one attached hydrogen (secondary N) is 1. The highest BCUT2D eigenvalue weighted by Gasteiger charge is 2.28. The first-order chi connectivity index (χ1) is 24.3. The maximum absolute atomic E-state index is 14.3. The highest BCUT2D eigenvalue weighted by molar-refractivity contribution is 5.97. The molecule has 2 aromatic heterocycles. The second kappa shape index (κ2) is 16.4. The first-order valence-corrected chi connectivity index (χ1v) is 17.6. The van der Waals surface area contributed by atoms with E-state index in [1.807, 2.05) is 33.0 Å². The van der Waals surface area contributed by atoms with Crippen LogP contribution in [-0.2, 0) is 17.7 Å². The Morgan fingerprint density at radius 2 is 1.90 bits per heavy atom. The smallest absolute Gasteiger partial charge is 0.408 e. The highest BCUT2D eigenvalue weighted by atomic mass is 19.1. The number of rotatable bonds is 12. The van der Waals surface area contributed by atoms with Crippen LogP contribution in [0.15, 0.2) is 43.0 Å². The quantitative estimate of drug-likeness (QED) is 0.290. The molecule has 5 heterocycles.